The van der Waals surface area contributed by atoms with Crippen LogP contribution in [0.25, 0.3) is 208 Å². The van der Waals surface area contributed by atoms with Gasteiger partial charge in [-0.05, 0) is 292 Å². The quantitative estimate of drug-likeness (QED) is 0.101. The monoisotopic (exact) mass is 1680 g/mol. The first kappa shape index (κ1) is 76.9. The van der Waals surface area contributed by atoms with Crippen molar-refractivity contribution in [1.29, 1.82) is 0 Å². The van der Waals surface area contributed by atoms with Gasteiger partial charge < -0.3 is 18.9 Å². The maximum absolute atomic E-state index is 2.38. The molecule has 0 N–H and O–H groups in total. The van der Waals surface area contributed by atoms with Gasteiger partial charge in [0.2, 0.25) is 0 Å². The first-order valence-electron chi connectivity index (χ1n) is 45.5. The summed E-state index contributed by atoms with van der Waals surface area (Å²) in [5.74, 6) is 0. The van der Waals surface area contributed by atoms with Gasteiger partial charge in [-0.1, -0.05) is 370 Å². The van der Waals surface area contributed by atoms with E-state index in [9.17, 15) is 0 Å². The lowest BCUT2D eigenvalue weighted by atomic mass is 9.92. The number of fused-ring (bicyclic) bond motifs is 20. The summed E-state index contributed by atoms with van der Waals surface area (Å²) in [5, 5.41) is 25.5. The van der Waals surface area contributed by atoms with Gasteiger partial charge >= 0.3 is 0 Å². The van der Waals surface area contributed by atoms with Crippen molar-refractivity contribution in [2.24, 2.45) is 0 Å². The first-order valence-corrected chi connectivity index (χ1v) is 45.5. The highest BCUT2D eigenvalue weighted by Crippen LogP contribution is 2.46. The molecule has 2 aromatic heterocycles. The Balaban J connectivity index is 0.000000142. The lowest BCUT2D eigenvalue weighted by molar-refractivity contribution is 1.17. The average molecular weight is 1680 g/mol. The molecule has 0 amide bonds. The minimum Gasteiger partial charge on any atom is -0.311 e. The van der Waals surface area contributed by atoms with Gasteiger partial charge in [0.25, 0.3) is 0 Å². The molecule has 4 nitrogen and oxygen atoms in total. The molecule has 0 aliphatic heterocycles. The molecule has 26 aromatic rings. The molecular formula is C128H84N4. The molecule has 616 valence electrons. The highest BCUT2D eigenvalue weighted by molar-refractivity contribution is 6.27. The predicted molar refractivity (Wildman–Crippen MR) is 564 cm³/mol. The van der Waals surface area contributed by atoms with Crippen LogP contribution in [0.4, 0.5) is 34.1 Å². The van der Waals surface area contributed by atoms with Gasteiger partial charge in [-0.3, -0.25) is 0 Å². The highest BCUT2D eigenvalue weighted by atomic mass is 15.1. The Kier molecular flexibility index (Phi) is 18.9. The van der Waals surface area contributed by atoms with Crippen LogP contribution in [0.1, 0.15) is 0 Å². The lowest BCUT2D eigenvalue weighted by Gasteiger charge is -2.26. The van der Waals surface area contributed by atoms with Crippen LogP contribution in [0, 0.1) is 0 Å². The van der Waals surface area contributed by atoms with Gasteiger partial charge in [0.05, 0.1) is 22.1 Å². The fourth-order valence-electron chi connectivity index (χ4n) is 20.7. The van der Waals surface area contributed by atoms with Crippen LogP contribution in [-0.2, 0) is 0 Å². The summed E-state index contributed by atoms with van der Waals surface area (Å²) in [4.78, 5) is 4.74. The Bertz CT molecular complexity index is 8770. The SMILES string of the molecule is c1ccc2c(-c3ccc(-c4ccc(N(c5ccc(-c6ccc7c8ccccc8c8ccccc8c7c6)cc5)c5ccc(-n6c7ccccc7c7ccccc76)cc5)cc4)cc3)cccc2c1.c1ccc2cc(-c3ccc(-c4ccc(N(c5ccc(-c6ccc7c8ccccc8c8ccccc8c7c6)cc5)c5ccc(-n6c7ccccc7c7ccccc76)cc5)cc4)cc3)ccc2c1. The molecule has 0 spiro atoms. The van der Waals surface area contributed by atoms with Crippen molar-refractivity contribution in [3.05, 3.63) is 510 Å². The van der Waals surface area contributed by atoms with Gasteiger partial charge in [-0.2, -0.15) is 0 Å². The molecule has 0 fully saturated rings. The summed E-state index contributed by atoms with van der Waals surface area (Å²) < 4.78 is 4.76. The molecule has 0 radical (unpaired) electrons. The Morgan fingerprint density at radius 3 is 0.682 bits per heavy atom. The van der Waals surface area contributed by atoms with E-state index in [-0.39, 0.29) is 0 Å². The molecule has 24 aromatic carbocycles. The van der Waals surface area contributed by atoms with Gasteiger partial charge in [-0.25, -0.2) is 0 Å². The average Bonchev–Trinajstić information content (AvgIpc) is 1.24. The van der Waals surface area contributed by atoms with E-state index in [0.717, 1.165) is 45.5 Å². The fourth-order valence-corrected chi connectivity index (χ4v) is 20.7. The van der Waals surface area contributed by atoms with E-state index in [0.29, 0.717) is 0 Å². The zero-order chi connectivity index (χ0) is 87.1. The van der Waals surface area contributed by atoms with E-state index in [1.54, 1.807) is 0 Å². The van der Waals surface area contributed by atoms with E-state index in [1.807, 2.05) is 0 Å². The number of aromatic nitrogens is 2. The minimum atomic E-state index is 1.09. The summed E-state index contributed by atoms with van der Waals surface area (Å²) in [6.45, 7) is 0. The van der Waals surface area contributed by atoms with E-state index < -0.39 is 0 Å². The molecule has 4 heteroatoms. The Labute approximate surface area is 765 Å². The second-order valence-electron chi connectivity index (χ2n) is 34.6. The van der Waals surface area contributed by atoms with Crippen LogP contribution >= 0.6 is 0 Å². The van der Waals surface area contributed by atoms with Crippen LogP contribution in [-0.4, -0.2) is 9.13 Å². The topological polar surface area (TPSA) is 16.3 Å². The predicted octanol–water partition coefficient (Wildman–Crippen LogP) is 35.7. The number of hydrogen-bond acceptors (Lipinski definition) is 2. The molecule has 0 bridgehead atoms. The van der Waals surface area contributed by atoms with Crippen molar-refractivity contribution in [3.8, 4) is 78.1 Å². The summed E-state index contributed by atoms with van der Waals surface area (Å²) in [7, 11) is 0. The Hall–Kier alpha value is -17.4. The van der Waals surface area contributed by atoms with Crippen molar-refractivity contribution in [3.63, 3.8) is 0 Å². The molecule has 132 heavy (non-hydrogen) atoms. The third kappa shape index (κ3) is 13.5. The standard InChI is InChI=1S/2C64H42N2/c1-2-14-53-46(12-1)13-11-21-54(53)47-26-24-43(25-27-47)44-28-33-49(34-29-44)65(51-37-39-52(40-38-51)66-63-22-9-7-19-60(63)61-20-8-10-23-64(61)66)50-35-30-45(31-36-50)48-32-41-59-57-17-4-3-15-55(57)56-16-5-6-18-58(56)62(59)42-48;1-2-12-48-41-49(26-25-43(48)11-1)46-23-21-44(22-24-46)45-27-32-51(33-28-45)65(53-36-38-54(39-37-53)66-63-19-9-7-17-60(63)61-18-8-10-20-64(61)66)52-34-29-47(30-35-52)50-31-40-59-57-15-4-3-13-55(57)56-14-5-6-16-58(56)62(59)42-50/h2*1-42H. The maximum atomic E-state index is 2.38. The summed E-state index contributed by atoms with van der Waals surface area (Å²) in [6, 6.07) is 186. The van der Waals surface area contributed by atoms with Gasteiger partial charge in [0.1, 0.15) is 0 Å². The van der Waals surface area contributed by atoms with E-state index in [1.165, 1.54) is 197 Å². The molecule has 0 aliphatic carbocycles. The van der Waals surface area contributed by atoms with E-state index in [4.69, 9.17) is 0 Å². The molecule has 26 rings (SSSR count). The maximum Gasteiger partial charge on any atom is 0.0541 e. The van der Waals surface area contributed by atoms with Crippen LogP contribution in [0.2, 0.25) is 0 Å². The first-order chi connectivity index (χ1) is 65.4. The second kappa shape index (κ2) is 32.5. The van der Waals surface area contributed by atoms with Crippen LogP contribution in [0.5, 0.6) is 0 Å². The second-order valence-corrected chi connectivity index (χ2v) is 34.6. The molecule has 0 atom stereocenters. The zero-order valence-corrected chi connectivity index (χ0v) is 72.3. The van der Waals surface area contributed by atoms with Crippen molar-refractivity contribution < 1.29 is 0 Å². The highest BCUT2D eigenvalue weighted by Gasteiger charge is 2.22. The molecule has 0 saturated carbocycles. The third-order valence-electron chi connectivity index (χ3n) is 27.2. The van der Waals surface area contributed by atoms with Gasteiger partial charge in [0, 0.05) is 67.0 Å². The van der Waals surface area contributed by atoms with Crippen LogP contribution in [0.15, 0.2) is 510 Å². The van der Waals surface area contributed by atoms with Gasteiger partial charge in [-0.15, -0.1) is 0 Å². The zero-order valence-electron chi connectivity index (χ0n) is 72.3. The summed E-state index contributed by atoms with van der Waals surface area (Å²) in [6.07, 6.45) is 0. The number of anilines is 6. The normalized spacial score (nSPS) is 11.6. The van der Waals surface area contributed by atoms with Crippen molar-refractivity contribution >= 4 is 164 Å². The van der Waals surface area contributed by atoms with Crippen molar-refractivity contribution in [2.75, 3.05) is 9.80 Å². The molecule has 2 heterocycles. The van der Waals surface area contributed by atoms with Gasteiger partial charge in [0.15, 0.2) is 0 Å². The van der Waals surface area contributed by atoms with E-state index >= 15 is 0 Å². The number of para-hydroxylation sites is 4. The largest absolute Gasteiger partial charge is 0.311 e. The molecule has 0 aliphatic rings. The van der Waals surface area contributed by atoms with Crippen molar-refractivity contribution in [1.82, 2.24) is 9.13 Å². The fraction of sp³-hybridized carbons (Fsp3) is 0. The summed E-state index contributed by atoms with van der Waals surface area (Å²) >= 11 is 0. The van der Waals surface area contributed by atoms with E-state index in [2.05, 4.69) is 529 Å². The molecule has 0 unspecified atom stereocenters. The number of benzene rings is 24. The Morgan fingerprint density at radius 1 is 0.121 bits per heavy atom. The molecular weight excluding hydrogens is 1590 g/mol. The number of nitrogens with zero attached hydrogens (tertiary/aromatic N) is 4. The van der Waals surface area contributed by atoms with Crippen LogP contribution in [0.3, 0.4) is 0 Å². The Morgan fingerprint density at radius 2 is 0.341 bits per heavy atom. The van der Waals surface area contributed by atoms with Crippen LogP contribution < -0.4 is 9.80 Å². The van der Waals surface area contributed by atoms with Crippen molar-refractivity contribution in [2.45, 2.75) is 0 Å². The number of rotatable bonds is 14. The smallest absolute Gasteiger partial charge is 0.0541 e. The lowest BCUT2D eigenvalue weighted by Crippen LogP contribution is -2.10. The third-order valence-corrected chi connectivity index (χ3v) is 27.2. The number of hydrogen-bond donors (Lipinski definition) is 0. The molecule has 0 saturated heterocycles. The summed E-state index contributed by atoms with van der Waals surface area (Å²) in [5.41, 5.74) is 28.0. The minimum absolute atomic E-state index is 1.09.